The van der Waals surface area contributed by atoms with Crippen LogP contribution in [0.3, 0.4) is 0 Å². The molecule has 3 rings (SSSR count). The Kier molecular flexibility index (Phi) is 6.13. The van der Waals surface area contributed by atoms with Crippen LogP contribution in [0.4, 0.5) is 0 Å². The Balaban J connectivity index is 1.70. The summed E-state index contributed by atoms with van der Waals surface area (Å²) in [5.41, 5.74) is -0.832. The van der Waals surface area contributed by atoms with Gasteiger partial charge in [-0.3, -0.25) is 4.90 Å². The topological polar surface area (TPSA) is 49.8 Å². The molecule has 2 aliphatic rings. The van der Waals surface area contributed by atoms with Gasteiger partial charge in [0.15, 0.2) is 5.60 Å². The number of esters is 1. The normalized spacial score (nSPS) is 24.3. The quantitative estimate of drug-likeness (QED) is 0.769. The summed E-state index contributed by atoms with van der Waals surface area (Å²) in [6.45, 7) is 5.03. The molecule has 2 atom stereocenters. The maximum absolute atomic E-state index is 13.0. The predicted octanol–water partition coefficient (Wildman–Crippen LogP) is 3.48. The van der Waals surface area contributed by atoms with Gasteiger partial charge in [-0.1, -0.05) is 56.5 Å². The van der Waals surface area contributed by atoms with Gasteiger partial charge in [0.1, 0.15) is 6.10 Å². The molecule has 1 saturated heterocycles. The zero-order valence-electron chi connectivity index (χ0n) is 15.3. The van der Waals surface area contributed by atoms with Crippen LogP contribution in [-0.2, 0) is 15.1 Å². The highest BCUT2D eigenvalue weighted by molar-refractivity contribution is 5.81. The first-order chi connectivity index (χ1) is 12.1. The molecule has 2 fully saturated rings. The van der Waals surface area contributed by atoms with Crippen molar-refractivity contribution in [1.29, 1.82) is 0 Å². The van der Waals surface area contributed by atoms with Gasteiger partial charge in [0.05, 0.1) is 0 Å². The van der Waals surface area contributed by atoms with Crippen molar-refractivity contribution in [2.24, 2.45) is 5.92 Å². The lowest BCUT2D eigenvalue weighted by molar-refractivity contribution is -0.178. The van der Waals surface area contributed by atoms with Crippen LogP contribution >= 0.6 is 0 Å². The zero-order valence-corrected chi connectivity index (χ0v) is 15.3. The Morgan fingerprint density at radius 3 is 2.64 bits per heavy atom. The van der Waals surface area contributed by atoms with E-state index in [-0.39, 0.29) is 12.0 Å². The van der Waals surface area contributed by atoms with Gasteiger partial charge in [-0.15, -0.1) is 0 Å². The second-order valence-electron chi connectivity index (χ2n) is 7.58. The summed E-state index contributed by atoms with van der Waals surface area (Å²) in [5, 5.41) is 11.4. The van der Waals surface area contributed by atoms with Crippen LogP contribution in [0.2, 0.25) is 0 Å². The molecular weight excluding hydrogens is 314 g/mol. The van der Waals surface area contributed by atoms with Crippen LogP contribution in [0.25, 0.3) is 0 Å². The number of unbranched alkanes of at least 4 members (excludes halogenated alkanes) is 1. The minimum Gasteiger partial charge on any atom is -0.459 e. The van der Waals surface area contributed by atoms with Crippen LogP contribution in [0.5, 0.6) is 0 Å². The second kappa shape index (κ2) is 8.33. The van der Waals surface area contributed by atoms with Crippen LogP contribution in [0.1, 0.15) is 57.4 Å². The number of likely N-dealkylation sites (tertiary alicyclic amines) is 1. The van der Waals surface area contributed by atoms with Crippen molar-refractivity contribution in [2.75, 3.05) is 19.6 Å². The lowest BCUT2D eigenvalue weighted by Gasteiger charge is -2.33. The fraction of sp³-hybridized carbons (Fsp3) is 0.667. The summed E-state index contributed by atoms with van der Waals surface area (Å²) in [6.07, 6.45) is 7.03. The van der Waals surface area contributed by atoms with E-state index in [2.05, 4.69) is 11.8 Å². The molecule has 1 N–H and O–H groups in total. The number of ether oxygens (including phenoxy) is 1. The summed E-state index contributed by atoms with van der Waals surface area (Å²) in [7, 11) is 0. The van der Waals surface area contributed by atoms with Crippen LogP contribution in [0, 0.1) is 5.92 Å². The maximum Gasteiger partial charge on any atom is 0.343 e. The van der Waals surface area contributed by atoms with E-state index in [9.17, 15) is 9.90 Å². The number of benzene rings is 1. The molecule has 2 unspecified atom stereocenters. The standard InChI is InChI=1S/C21H31NO3/c1-2-3-14-22-15-13-19(16-22)25-20(23)21(24,18-11-7-8-12-18)17-9-5-4-6-10-17/h4-6,9-10,18-19,24H,2-3,7-8,11-16H2,1H3. The highest BCUT2D eigenvalue weighted by Crippen LogP contribution is 2.41. The van der Waals surface area contributed by atoms with E-state index < -0.39 is 11.6 Å². The van der Waals surface area contributed by atoms with E-state index in [0.29, 0.717) is 5.56 Å². The number of carbonyl (C=O) groups is 1. The lowest BCUT2D eigenvalue weighted by Crippen LogP contribution is -2.45. The van der Waals surface area contributed by atoms with Crippen molar-refractivity contribution in [1.82, 2.24) is 4.90 Å². The van der Waals surface area contributed by atoms with Crippen molar-refractivity contribution in [2.45, 2.75) is 63.6 Å². The number of hydrogen-bond donors (Lipinski definition) is 1. The Morgan fingerprint density at radius 1 is 1.24 bits per heavy atom. The molecule has 4 heteroatoms. The van der Waals surface area contributed by atoms with Crippen LogP contribution in [0.15, 0.2) is 30.3 Å². The summed E-state index contributed by atoms with van der Waals surface area (Å²) in [4.78, 5) is 15.4. The van der Waals surface area contributed by atoms with Crippen molar-refractivity contribution in [3.05, 3.63) is 35.9 Å². The summed E-state index contributed by atoms with van der Waals surface area (Å²) in [5.74, 6) is -0.493. The Bertz CT molecular complexity index is 556. The highest BCUT2D eigenvalue weighted by atomic mass is 16.6. The number of nitrogens with zero attached hydrogens (tertiary/aromatic N) is 1. The molecule has 25 heavy (non-hydrogen) atoms. The molecule has 4 nitrogen and oxygen atoms in total. The Labute approximate surface area is 151 Å². The predicted molar refractivity (Wildman–Crippen MR) is 98.1 cm³/mol. The van der Waals surface area contributed by atoms with Crippen LogP contribution < -0.4 is 0 Å². The van der Waals surface area contributed by atoms with Crippen LogP contribution in [-0.4, -0.2) is 41.7 Å². The Hall–Kier alpha value is -1.39. The molecular formula is C21H31NO3. The van der Waals surface area contributed by atoms with Gasteiger partial charge < -0.3 is 9.84 Å². The van der Waals surface area contributed by atoms with E-state index in [1.54, 1.807) is 0 Å². The van der Waals surface area contributed by atoms with Crippen molar-refractivity contribution in [3.63, 3.8) is 0 Å². The molecule has 1 aliphatic heterocycles. The van der Waals surface area contributed by atoms with Gasteiger partial charge in [0.2, 0.25) is 0 Å². The first-order valence-corrected chi connectivity index (χ1v) is 9.86. The van der Waals surface area contributed by atoms with Crippen molar-refractivity contribution in [3.8, 4) is 0 Å². The van der Waals surface area contributed by atoms with Gasteiger partial charge in [-0.05, 0) is 37.8 Å². The summed E-state index contributed by atoms with van der Waals surface area (Å²) < 4.78 is 5.82. The highest BCUT2D eigenvalue weighted by Gasteiger charge is 2.48. The minimum atomic E-state index is -1.51. The third-order valence-corrected chi connectivity index (χ3v) is 5.80. The fourth-order valence-electron chi connectivity index (χ4n) is 4.28. The molecule has 1 aromatic rings. The molecule has 0 radical (unpaired) electrons. The third-order valence-electron chi connectivity index (χ3n) is 5.80. The van der Waals surface area contributed by atoms with Crippen molar-refractivity contribution >= 4 is 5.97 Å². The van der Waals surface area contributed by atoms with Gasteiger partial charge in [0.25, 0.3) is 0 Å². The fourth-order valence-corrected chi connectivity index (χ4v) is 4.28. The molecule has 1 saturated carbocycles. The monoisotopic (exact) mass is 345 g/mol. The molecule has 0 amide bonds. The third kappa shape index (κ3) is 4.06. The average molecular weight is 345 g/mol. The number of carbonyl (C=O) groups excluding carboxylic acids is 1. The minimum absolute atomic E-state index is 0.0417. The van der Waals surface area contributed by atoms with Gasteiger partial charge in [-0.25, -0.2) is 4.79 Å². The largest absolute Gasteiger partial charge is 0.459 e. The van der Waals surface area contributed by atoms with E-state index >= 15 is 0 Å². The van der Waals surface area contributed by atoms with Gasteiger partial charge in [-0.2, -0.15) is 0 Å². The Morgan fingerprint density at radius 2 is 1.96 bits per heavy atom. The molecule has 0 spiro atoms. The number of hydrogen-bond acceptors (Lipinski definition) is 4. The molecule has 1 aromatic carbocycles. The molecule has 138 valence electrons. The SMILES string of the molecule is CCCCN1CCC(OC(=O)C(O)(c2ccccc2)C2CCCC2)C1. The van der Waals surface area contributed by atoms with E-state index in [4.69, 9.17) is 4.74 Å². The lowest BCUT2D eigenvalue weighted by atomic mass is 9.80. The summed E-state index contributed by atoms with van der Waals surface area (Å²) >= 11 is 0. The first kappa shape index (κ1) is 18.4. The van der Waals surface area contributed by atoms with Crippen molar-refractivity contribution < 1.29 is 14.6 Å². The van der Waals surface area contributed by atoms with E-state index in [0.717, 1.165) is 51.7 Å². The molecule has 1 heterocycles. The average Bonchev–Trinajstić information content (AvgIpc) is 3.32. The smallest absolute Gasteiger partial charge is 0.343 e. The van der Waals surface area contributed by atoms with E-state index in [1.807, 2.05) is 30.3 Å². The zero-order chi connectivity index (χ0) is 17.7. The van der Waals surface area contributed by atoms with Gasteiger partial charge in [0, 0.05) is 19.0 Å². The summed E-state index contributed by atoms with van der Waals surface area (Å²) in [6, 6.07) is 9.37. The van der Waals surface area contributed by atoms with E-state index in [1.165, 1.54) is 12.8 Å². The van der Waals surface area contributed by atoms with Gasteiger partial charge >= 0.3 is 5.97 Å². The maximum atomic E-state index is 13.0. The first-order valence-electron chi connectivity index (χ1n) is 9.86. The molecule has 0 aromatic heterocycles. The number of rotatable bonds is 7. The molecule has 1 aliphatic carbocycles. The molecule has 0 bridgehead atoms. The second-order valence-corrected chi connectivity index (χ2v) is 7.58. The number of aliphatic hydroxyl groups is 1.